The molecule has 0 atom stereocenters. The number of halogens is 6. The summed E-state index contributed by atoms with van der Waals surface area (Å²) in [6, 6.07) is 7.61. The number of rotatable bonds is 13. The molecule has 0 saturated carbocycles. The summed E-state index contributed by atoms with van der Waals surface area (Å²) in [5.41, 5.74) is 0.139. The average molecular weight is 759 g/mol. The van der Waals surface area contributed by atoms with Crippen LogP contribution in [-0.4, -0.2) is 86.2 Å². The summed E-state index contributed by atoms with van der Waals surface area (Å²) in [5, 5.41) is 9.18. The normalized spacial score (nSPS) is 13.4. The molecular weight excluding hydrogens is 722 g/mol. The lowest BCUT2D eigenvalue weighted by atomic mass is 10.1. The molecule has 5 aromatic rings. The van der Waals surface area contributed by atoms with E-state index in [9.17, 15) is 35.9 Å². The van der Waals surface area contributed by atoms with Crippen molar-refractivity contribution in [1.29, 1.82) is 0 Å². The van der Waals surface area contributed by atoms with E-state index in [-0.39, 0.29) is 62.4 Å². The van der Waals surface area contributed by atoms with E-state index in [0.717, 1.165) is 15.5 Å². The number of H-pyrrole nitrogens is 1. The second-order valence-corrected chi connectivity index (χ2v) is 13.1. The Labute approximate surface area is 304 Å². The second-order valence-electron chi connectivity index (χ2n) is 13.1. The number of pyridine rings is 2. The lowest BCUT2D eigenvalue weighted by molar-refractivity contribution is -0.136. The zero-order valence-corrected chi connectivity index (χ0v) is 29.4. The molecule has 13 nitrogen and oxygen atoms in total. The molecule has 5 heterocycles. The SMILES string of the molecule is Cc1nc(-c2ncn[nH]2)ccc1-c1cnc2c(n1)N(CCCOCCn1c(=O)cc(C(F)(F)F)c3cc(N(CC(C)C)CC(F)(F)F)ccc31)C(=O)CN2. The molecule has 0 unspecified atom stereocenters. The van der Waals surface area contributed by atoms with Crippen LogP contribution < -0.4 is 20.7 Å². The largest absolute Gasteiger partial charge is 0.417 e. The van der Waals surface area contributed by atoms with Gasteiger partial charge in [-0.3, -0.25) is 19.6 Å². The molecule has 0 radical (unpaired) electrons. The number of alkyl halides is 6. The third kappa shape index (κ3) is 8.61. The monoisotopic (exact) mass is 758 g/mol. The Morgan fingerprint density at radius 3 is 2.44 bits per heavy atom. The highest BCUT2D eigenvalue weighted by atomic mass is 19.4. The zero-order chi connectivity index (χ0) is 38.8. The number of nitrogens with zero attached hydrogens (tertiary/aromatic N) is 8. The van der Waals surface area contributed by atoms with Crippen molar-refractivity contribution in [2.24, 2.45) is 5.92 Å². The van der Waals surface area contributed by atoms with Crippen molar-refractivity contribution in [2.45, 2.75) is 46.1 Å². The van der Waals surface area contributed by atoms with Crippen molar-refractivity contribution < 1.29 is 35.9 Å². The first kappa shape index (κ1) is 38.1. The van der Waals surface area contributed by atoms with Crippen LogP contribution in [-0.2, 0) is 22.3 Å². The van der Waals surface area contributed by atoms with Gasteiger partial charge in [0.25, 0.3) is 5.56 Å². The predicted molar refractivity (Wildman–Crippen MR) is 188 cm³/mol. The van der Waals surface area contributed by atoms with Gasteiger partial charge in [0.1, 0.15) is 18.6 Å². The Kier molecular flexibility index (Phi) is 10.9. The van der Waals surface area contributed by atoms with E-state index < -0.39 is 35.4 Å². The summed E-state index contributed by atoms with van der Waals surface area (Å²) in [6.45, 7) is 3.98. The number of ether oxygens (including phenoxy) is 1. The van der Waals surface area contributed by atoms with Crippen molar-refractivity contribution in [1.82, 2.24) is 34.7 Å². The first-order valence-corrected chi connectivity index (χ1v) is 17.0. The fourth-order valence-electron chi connectivity index (χ4n) is 6.25. The molecule has 1 aliphatic rings. The number of amides is 1. The van der Waals surface area contributed by atoms with E-state index in [1.807, 2.05) is 13.0 Å². The topological polar surface area (TPSA) is 147 Å². The van der Waals surface area contributed by atoms with Gasteiger partial charge in [-0.1, -0.05) is 13.8 Å². The molecule has 0 aliphatic carbocycles. The highest BCUT2D eigenvalue weighted by Crippen LogP contribution is 2.36. The fraction of sp³-hybridized carbons (Fsp3) is 0.400. The molecule has 0 fully saturated rings. The van der Waals surface area contributed by atoms with Crippen LogP contribution in [0.25, 0.3) is 33.7 Å². The van der Waals surface area contributed by atoms with Gasteiger partial charge in [0.15, 0.2) is 17.5 Å². The van der Waals surface area contributed by atoms with Crippen molar-refractivity contribution in [2.75, 3.05) is 54.5 Å². The molecule has 1 aliphatic heterocycles. The highest BCUT2D eigenvalue weighted by molar-refractivity contribution is 6.01. The Morgan fingerprint density at radius 1 is 0.963 bits per heavy atom. The van der Waals surface area contributed by atoms with Crippen LogP contribution in [0.5, 0.6) is 0 Å². The standard InChI is InChI=1S/C35H36F6N10O3/c1-20(2)17-49(18-34(36,37)38)22-5-8-28-24(13-22)25(35(39,40)41)14-29(52)50(28)10-12-54-11-4-9-51-30(53)16-43-32-33(51)47-27(15-42-32)23-6-7-26(46-21(23)3)31-44-19-45-48-31/h5-8,13-15,19-20H,4,9-12,16-18H2,1-3H3,(H,42,43)(H,44,45,48). The van der Waals surface area contributed by atoms with Crippen LogP contribution in [0, 0.1) is 12.8 Å². The van der Waals surface area contributed by atoms with Crippen LogP contribution in [0.1, 0.15) is 31.5 Å². The van der Waals surface area contributed by atoms with Crippen LogP contribution in [0.15, 0.2) is 53.7 Å². The van der Waals surface area contributed by atoms with Gasteiger partial charge in [0.2, 0.25) is 5.91 Å². The van der Waals surface area contributed by atoms with Crippen molar-refractivity contribution in [3.05, 3.63) is 70.5 Å². The first-order chi connectivity index (χ1) is 25.6. The van der Waals surface area contributed by atoms with Crippen molar-refractivity contribution in [3.8, 4) is 22.8 Å². The van der Waals surface area contributed by atoms with Gasteiger partial charge in [0, 0.05) is 54.6 Å². The van der Waals surface area contributed by atoms with Gasteiger partial charge >= 0.3 is 12.4 Å². The number of aromatic nitrogens is 7. The van der Waals surface area contributed by atoms with E-state index in [1.54, 1.807) is 26.1 Å². The zero-order valence-electron chi connectivity index (χ0n) is 29.4. The molecule has 286 valence electrons. The molecule has 4 aromatic heterocycles. The number of fused-ring (bicyclic) bond motifs is 2. The number of aromatic amines is 1. The maximum Gasteiger partial charge on any atom is 0.417 e. The molecule has 19 heteroatoms. The number of benzene rings is 1. The summed E-state index contributed by atoms with van der Waals surface area (Å²) in [5.74, 6) is 0.804. The van der Waals surface area contributed by atoms with Gasteiger partial charge in [-0.05, 0) is 49.6 Å². The molecular formula is C35H36F6N10O3. The third-order valence-corrected chi connectivity index (χ3v) is 8.59. The van der Waals surface area contributed by atoms with Crippen molar-refractivity contribution >= 4 is 34.1 Å². The third-order valence-electron chi connectivity index (χ3n) is 8.59. The number of hydrogen-bond acceptors (Lipinski definition) is 10. The molecule has 1 amide bonds. The minimum atomic E-state index is -4.93. The number of anilines is 3. The summed E-state index contributed by atoms with van der Waals surface area (Å²) >= 11 is 0. The summed E-state index contributed by atoms with van der Waals surface area (Å²) < 4.78 is 89.3. The minimum Gasteiger partial charge on any atom is -0.380 e. The molecule has 6 rings (SSSR count). The maximum absolute atomic E-state index is 14.1. The molecule has 0 bridgehead atoms. The van der Waals surface area contributed by atoms with Crippen LogP contribution in [0.2, 0.25) is 0 Å². The predicted octanol–water partition coefficient (Wildman–Crippen LogP) is 5.86. The van der Waals surface area contributed by atoms with E-state index in [2.05, 4.69) is 30.5 Å². The summed E-state index contributed by atoms with van der Waals surface area (Å²) in [6.07, 6.45) is -6.21. The molecule has 0 saturated heterocycles. The molecule has 54 heavy (non-hydrogen) atoms. The quantitative estimate of drug-likeness (QED) is 0.111. The smallest absolute Gasteiger partial charge is 0.380 e. The van der Waals surface area contributed by atoms with E-state index in [4.69, 9.17) is 9.72 Å². The molecule has 0 spiro atoms. The van der Waals surface area contributed by atoms with Gasteiger partial charge in [-0.2, -0.15) is 31.4 Å². The maximum atomic E-state index is 14.1. The van der Waals surface area contributed by atoms with E-state index in [0.29, 0.717) is 52.6 Å². The van der Waals surface area contributed by atoms with Gasteiger partial charge in [-0.15, -0.1) is 0 Å². The number of nitrogens with one attached hydrogen (secondary N) is 2. The number of carbonyl (C=O) groups excluding carboxylic acids is 1. The van der Waals surface area contributed by atoms with Gasteiger partial charge in [0.05, 0.1) is 36.1 Å². The highest BCUT2D eigenvalue weighted by Gasteiger charge is 2.35. The first-order valence-electron chi connectivity index (χ1n) is 17.0. The van der Waals surface area contributed by atoms with E-state index in [1.165, 1.54) is 23.4 Å². The number of hydrogen-bond donors (Lipinski definition) is 2. The molecule has 1 aromatic carbocycles. The lowest BCUT2D eigenvalue weighted by Gasteiger charge is -2.28. The van der Waals surface area contributed by atoms with Crippen LogP contribution in [0.4, 0.5) is 43.7 Å². The summed E-state index contributed by atoms with van der Waals surface area (Å²) in [4.78, 5) is 46.2. The summed E-state index contributed by atoms with van der Waals surface area (Å²) in [7, 11) is 0. The Bertz CT molecular complexity index is 2190. The van der Waals surface area contributed by atoms with Crippen LogP contribution >= 0.6 is 0 Å². The Morgan fingerprint density at radius 2 is 1.76 bits per heavy atom. The minimum absolute atomic E-state index is 0.00537. The van der Waals surface area contributed by atoms with E-state index >= 15 is 0 Å². The average Bonchev–Trinajstić information content (AvgIpc) is 3.64. The Balaban J connectivity index is 1.14. The van der Waals surface area contributed by atoms with Gasteiger partial charge in [-0.25, -0.2) is 19.9 Å². The number of aryl methyl sites for hydroxylation is 1. The lowest BCUT2D eigenvalue weighted by Crippen LogP contribution is -2.41. The Hall–Kier alpha value is -5.59. The fourth-order valence-corrected chi connectivity index (χ4v) is 6.25. The second kappa shape index (κ2) is 15.4. The van der Waals surface area contributed by atoms with Crippen molar-refractivity contribution in [3.63, 3.8) is 0 Å². The van der Waals surface area contributed by atoms with Gasteiger partial charge < -0.3 is 19.5 Å². The number of carbonyl (C=O) groups is 1. The van der Waals surface area contributed by atoms with Crippen LogP contribution in [0.3, 0.4) is 0 Å². The molecule has 2 N–H and O–H groups in total.